The minimum atomic E-state index is 0.687. The molecule has 2 aromatic carbocycles. The average molecular weight is 269 g/mol. The molecule has 2 rings (SSSR count). The van der Waals surface area contributed by atoms with E-state index in [-0.39, 0.29) is 0 Å². The van der Waals surface area contributed by atoms with Crippen LogP contribution in [0.15, 0.2) is 54.6 Å². The molecule has 2 heteroatoms. The fourth-order valence-corrected chi connectivity index (χ4v) is 2.18. The number of benzene rings is 2. The summed E-state index contributed by atoms with van der Waals surface area (Å²) >= 11 is 0. The molecule has 0 aliphatic heterocycles. The van der Waals surface area contributed by atoms with Crippen LogP contribution in [0.3, 0.4) is 0 Å². The van der Waals surface area contributed by atoms with Gasteiger partial charge in [0.2, 0.25) is 0 Å². The summed E-state index contributed by atoms with van der Waals surface area (Å²) in [5, 5.41) is 0. The fraction of sp³-hybridized carbons (Fsp3) is 0.333. The molecule has 0 aliphatic rings. The molecular formula is C18H23NO. The summed E-state index contributed by atoms with van der Waals surface area (Å²) in [7, 11) is 1.71. The van der Waals surface area contributed by atoms with Crippen LogP contribution in [0.1, 0.15) is 20.3 Å². The summed E-state index contributed by atoms with van der Waals surface area (Å²) in [4.78, 5) is 2.35. The highest BCUT2D eigenvalue weighted by Crippen LogP contribution is 2.28. The minimum Gasteiger partial charge on any atom is -0.497 e. The molecule has 2 nitrogen and oxygen atoms in total. The zero-order chi connectivity index (χ0) is 14.4. The predicted octanol–water partition coefficient (Wildman–Crippen LogP) is 4.88. The van der Waals surface area contributed by atoms with Crippen LogP contribution in [0.4, 0.5) is 11.4 Å². The van der Waals surface area contributed by atoms with Crippen LogP contribution in [0.5, 0.6) is 5.75 Å². The van der Waals surface area contributed by atoms with Gasteiger partial charge in [0.1, 0.15) is 5.75 Å². The first kappa shape index (κ1) is 14.4. The monoisotopic (exact) mass is 269 g/mol. The molecule has 0 fully saturated rings. The normalized spacial score (nSPS) is 10.6. The van der Waals surface area contributed by atoms with Gasteiger partial charge in [-0.15, -0.1) is 0 Å². The summed E-state index contributed by atoms with van der Waals surface area (Å²) in [5.74, 6) is 1.58. The van der Waals surface area contributed by atoms with Crippen molar-refractivity contribution in [1.29, 1.82) is 0 Å². The van der Waals surface area contributed by atoms with Crippen LogP contribution in [0, 0.1) is 5.92 Å². The smallest absolute Gasteiger partial charge is 0.120 e. The predicted molar refractivity (Wildman–Crippen MR) is 85.9 cm³/mol. The molecular weight excluding hydrogens is 246 g/mol. The lowest BCUT2D eigenvalue weighted by Gasteiger charge is -2.26. The average Bonchev–Trinajstić information content (AvgIpc) is 2.48. The van der Waals surface area contributed by atoms with Crippen LogP contribution < -0.4 is 9.64 Å². The molecule has 0 saturated carbocycles. The molecule has 0 spiro atoms. The molecule has 0 aromatic heterocycles. The Labute approximate surface area is 122 Å². The summed E-state index contributed by atoms with van der Waals surface area (Å²) in [6.07, 6.45) is 1.16. The van der Waals surface area contributed by atoms with Crippen molar-refractivity contribution in [1.82, 2.24) is 0 Å². The molecule has 0 unspecified atom stereocenters. The molecule has 0 amide bonds. The van der Waals surface area contributed by atoms with Gasteiger partial charge in [0.25, 0.3) is 0 Å². The third kappa shape index (κ3) is 3.77. The molecule has 0 heterocycles. The Kier molecular flexibility index (Phi) is 5.05. The van der Waals surface area contributed by atoms with Gasteiger partial charge in [0.05, 0.1) is 7.11 Å². The van der Waals surface area contributed by atoms with Crippen molar-refractivity contribution in [2.24, 2.45) is 5.92 Å². The standard InChI is InChI=1S/C18H23NO/c1-15(2)12-13-19(16-8-5-4-6-9-16)17-10-7-11-18(14-17)20-3/h4-11,14-15H,12-13H2,1-3H3. The quantitative estimate of drug-likeness (QED) is 0.741. The van der Waals surface area contributed by atoms with Gasteiger partial charge >= 0.3 is 0 Å². The second-order valence-electron chi connectivity index (χ2n) is 5.37. The number of hydrogen-bond acceptors (Lipinski definition) is 2. The fourth-order valence-electron chi connectivity index (χ4n) is 2.18. The Morgan fingerprint density at radius 2 is 1.65 bits per heavy atom. The van der Waals surface area contributed by atoms with Crippen LogP contribution in [-0.4, -0.2) is 13.7 Å². The van der Waals surface area contributed by atoms with Crippen molar-refractivity contribution in [3.63, 3.8) is 0 Å². The van der Waals surface area contributed by atoms with Gasteiger partial charge in [-0.1, -0.05) is 38.1 Å². The number of nitrogens with zero attached hydrogens (tertiary/aromatic N) is 1. The minimum absolute atomic E-state index is 0.687. The maximum absolute atomic E-state index is 5.34. The molecule has 0 atom stereocenters. The van der Waals surface area contributed by atoms with Gasteiger partial charge in [-0.2, -0.15) is 0 Å². The third-order valence-corrected chi connectivity index (χ3v) is 3.36. The highest BCUT2D eigenvalue weighted by Gasteiger charge is 2.10. The van der Waals surface area contributed by atoms with E-state index < -0.39 is 0 Å². The molecule has 0 saturated heterocycles. The van der Waals surface area contributed by atoms with Crippen molar-refractivity contribution < 1.29 is 4.74 Å². The molecule has 0 bridgehead atoms. The molecule has 2 aromatic rings. The number of hydrogen-bond donors (Lipinski definition) is 0. The van der Waals surface area contributed by atoms with E-state index in [1.54, 1.807) is 7.11 Å². The zero-order valence-corrected chi connectivity index (χ0v) is 12.5. The van der Waals surface area contributed by atoms with E-state index in [2.05, 4.69) is 61.2 Å². The summed E-state index contributed by atoms with van der Waals surface area (Å²) in [6.45, 7) is 5.53. The maximum Gasteiger partial charge on any atom is 0.120 e. The van der Waals surface area contributed by atoms with Gasteiger partial charge in [0.15, 0.2) is 0 Å². The second-order valence-corrected chi connectivity index (χ2v) is 5.37. The highest BCUT2D eigenvalue weighted by molar-refractivity contribution is 5.64. The third-order valence-electron chi connectivity index (χ3n) is 3.36. The molecule has 0 aliphatic carbocycles. The summed E-state index contributed by atoms with van der Waals surface area (Å²) in [6, 6.07) is 18.8. The van der Waals surface area contributed by atoms with Crippen LogP contribution in [-0.2, 0) is 0 Å². The lowest BCUT2D eigenvalue weighted by molar-refractivity contribution is 0.415. The number of rotatable bonds is 6. The van der Waals surface area contributed by atoms with E-state index in [1.807, 2.05) is 12.1 Å². The van der Waals surface area contributed by atoms with E-state index in [1.165, 1.54) is 11.4 Å². The van der Waals surface area contributed by atoms with Gasteiger partial charge < -0.3 is 9.64 Å². The molecule has 0 N–H and O–H groups in total. The zero-order valence-electron chi connectivity index (χ0n) is 12.5. The van der Waals surface area contributed by atoms with Crippen LogP contribution in [0.2, 0.25) is 0 Å². The Morgan fingerprint density at radius 3 is 2.30 bits per heavy atom. The van der Waals surface area contributed by atoms with E-state index >= 15 is 0 Å². The van der Waals surface area contributed by atoms with Gasteiger partial charge in [-0.05, 0) is 36.6 Å². The van der Waals surface area contributed by atoms with Crippen molar-refractivity contribution in [2.45, 2.75) is 20.3 Å². The largest absolute Gasteiger partial charge is 0.497 e. The topological polar surface area (TPSA) is 12.5 Å². The second kappa shape index (κ2) is 6.99. The number of ether oxygens (including phenoxy) is 1. The van der Waals surface area contributed by atoms with Crippen molar-refractivity contribution in [3.05, 3.63) is 54.6 Å². The summed E-state index contributed by atoms with van der Waals surface area (Å²) < 4.78 is 5.34. The molecule has 20 heavy (non-hydrogen) atoms. The van der Waals surface area contributed by atoms with Gasteiger partial charge in [0, 0.05) is 24.0 Å². The highest BCUT2D eigenvalue weighted by atomic mass is 16.5. The van der Waals surface area contributed by atoms with E-state index in [0.717, 1.165) is 18.7 Å². The maximum atomic E-state index is 5.34. The van der Waals surface area contributed by atoms with Crippen molar-refractivity contribution >= 4 is 11.4 Å². The number of anilines is 2. The van der Waals surface area contributed by atoms with Crippen LogP contribution in [0.25, 0.3) is 0 Å². The Bertz CT molecular complexity index is 522. The molecule has 0 radical (unpaired) electrons. The Hall–Kier alpha value is -1.96. The van der Waals surface area contributed by atoms with Crippen molar-refractivity contribution in [3.8, 4) is 5.75 Å². The first-order chi connectivity index (χ1) is 9.70. The van der Waals surface area contributed by atoms with Gasteiger partial charge in [-0.3, -0.25) is 0 Å². The number of para-hydroxylation sites is 1. The van der Waals surface area contributed by atoms with Crippen molar-refractivity contribution in [2.75, 3.05) is 18.6 Å². The lowest BCUT2D eigenvalue weighted by atomic mass is 10.1. The van der Waals surface area contributed by atoms with E-state index in [9.17, 15) is 0 Å². The molecule has 106 valence electrons. The first-order valence-electron chi connectivity index (χ1n) is 7.17. The SMILES string of the molecule is COc1cccc(N(CCC(C)C)c2ccccc2)c1. The Balaban J connectivity index is 2.30. The van der Waals surface area contributed by atoms with Crippen LogP contribution >= 0.6 is 0 Å². The lowest BCUT2D eigenvalue weighted by Crippen LogP contribution is -2.19. The van der Waals surface area contributed by atoms with Gasteiger partial charge in [-0.25, -0.2) is 0 Å². The van der Waals surface area contributed by atoms with E-state index in [0.29, 0.717) is 5.92 Å². The Morgan fingerprint density at radius 1 is 0.950 bits per heavy atom. The number of methoxy groups -OCH3 is 1. The first-order valence-corrected chi connectivity index (χ1v) is 7.17. The van der Waals surface area contributed by atoms with E-state index in [4.69, 9.17) is 4.74 Å². The summed E-state index contributed by atoms with van der Waals surface area (Å²) in [5.41, 5.74) is 2.40.